The molecule has 2 heterocycles. The van der Waals surface area contributed by atoms with Crippen molar-refractivity contribution in [3.8, 4) is 11.6 Å². The van der Waals surface area contributed by atoms with Gasteiger partial charge in [0.2, 0.25) is 17.7 Å². The second-order valence-electron chi connectivity index (χ2n) is 16.1. The third-order valence-electron chi connectivity index (χ3n) is 10.7. The van der Waals surface area contributed by atoms with Gasteiger partial charge in [0.1, 0.15) is 35.6 Å². The standard InChI is InChI=1S/C37H50ClN5O10S/c1-7-21-19-37(21,33(46)42-54(48,49)53-36(6)15-16-36)41-31(44)26-17-23(51-27-18-28(50-8-2)39-29-24(27)13-10-14-25(29)38)20-43(26)32(45)30(35(3,4)5)40-34(47)52-22-11-9-12-22/h10,13-14,18,21-23,26,30H,7-9,11-12,15-17,19-20H2,1-6H3,(H,40,47)(H,41,44)(H,42,46)/t21-,23-,26+,30-,37-/m1/s1. The molecule has 4 amide bonds. The highest BCUT2D eigenvalue weighted by Crippen LogP contribution is 2.47. The minimum absolute atomic E-state index is 0.00353. The average molecular weight is 792 g/mol. The number of hydrogen-bond donors (Lipinski definition) is 3. The summed E-state index contributed by atoms with van der Waals surface area (Å²) < 4.78 is 50.5. The molecule has 3 aliphatic carbocycles. The molecular formula is C37H50ClN5O10S. The summed E-state index contributed by atoms with van der Waals surface area (Å²) in [6.07, 6.45) is 2.49. The van der Waals surface area contributed by atoms with E-state index in [9.17, 15) is 27.6 Å². The van der Waals surface area contributed by atoms with Crippen LogP contribution in [0.25, 0.3) is 10.9 Å². The number of pyridine rings is 1. The number of para-hydroxylation sites is 1. The van der Waals surface area contributed by atoms with Gasteiger partial charge in [-0.25, -0.2) is 18.7 Å². The van der Waals surface area contributed by atoms with Crippen LogP contribution in [0.5, 0.6) is 11.6 Å². The first kappa shape index (κ1) is 39.8. The van der Waals surface area contributed by atoms with Crippen LogP contribution in [0.1, 0.15) is 92.9 Å². The maximum absolute atomic E-state index is 14.6. The Morgan fingerprint density at radius 3 is 2.43 bits per heavy atom. The zero-order valence-electron chi connectivity index (χ0n) is 31.5. The first-order valence-corrected chi connectivity index (χ1v) is 20.4. The number of carbonyl (C=O) groups excluding carboxylic acids is 4. The van der Waals surface area contributed by atoms with Crippen molar-refractivity contribution in [2.45, 2.75) is 128 Å². The number of fused-ring (bicyclic) bond motifs is 1. The van der Waals surface area contributed by atoms with Crippen LogP contribution in [0, 0.1) is 11.3 Å². The molecule has 0 unspecified atom stereocenters. The molecule has 4 fully saturated rings. The van der Waals surface area contributed by atoms with Gasteiger partial charge in [-0.15, -0.1) is 0 Å². The summed E-state index contributed by atoms with van der Waals surface area (Å²) in [4.78, 5) is 61.4. The molecule has 296 valence electrons. The van der Waals surface area contributed by atoms with E-state index >= 15 is 0 Å². The molecule has 15 nitrogen and oxygen atoms in total. The molecule has 5 atom stereocenters. The van der Waals surface area contributed by atoms with Crippen molar-refractivity contribution in [3.05, 3.63) is 29.3 Å². The normalized spacial score (nSPS) is 25.2. The van der Waals surface area contributed by atoms with Gasteiger partial charge in [-0.3, -0.25) is 14.4 Å². The summed E-state index contributed by atoms with van der Waals surface area (Å²) in [7, 11) is -4.46. The number of hydrogen-bond acceptors (Lipinski definition) is 11. The predicted octanol–water partition coefficient (Wildman–Crippen LogP) is 4.54. The molecular weight excluding hydrogens is 742 g/mol. The van der Waals surface area contributed by atoms with E-state index in [0.29, 0.717) is 47.5 Å². The Bertz CT molecular complexity index is 1910. The van der Waals surface area contributed by atoms with E-state index in [0.717, 1.165) is 19.3 Å². The van der Waals surface area contributed by atoms with Crippen molar-refractivity contribution in [1.82, 2.24) is 25.2 Å². The molecule has 1 saturated heterocycles. The first-order valence-electron chi connectivity index (χ1n) is 18.6. The number of aromatic nitrogens is 1. The van der Waals surface area contributed by atoms with Crippen LogP contribution in [-0.2, 0) is 33.6 Å². The number of rotatable bonds is 14. The van der Waals surface area contributed by atoms with Gasteiger partial charge in [-0.1, -0.05) is 51.8 Å². The zero-order chi connectivity index (χ0) is 39.2. The summed E-state index contributed by atoms with van der Waals surface area (Å²) in [6.45, 7) is 10.9. The third kappa shape index (κ3) is 8.65. The Morgan fingerprint density at radius 2 is 1.83 bits per heavy atom. The fourth-order valence-corrected chi connectivity index (χ4v) is 8.37. The van der Waals surface area contributed by atoms with Crippen LogP contribution in [0.2, 0.25) is 5.02 Å². The number of halogens is 1. The van der Waals surface area contributed by atoms with Gasteiger partial charge in [0.15, 0.2) is 0 Å². The van der Waals surface area contributed by atoms with Crippen LogP contribution >= 0.6 is 11.6 Å². The van der Waals surface area contributed by atoms with E-state index in [1.807, 2.05) is 18.6 Å². The van der Waals surface area contributed by atoms with Crippen molar-refractivity contribution >= 4 is 56.6 Å². The second-order valence-corrected chi connectivity index (χ2v) is 17.8. The van der Waals surface area contributed by atoms with Crippen LogP contribution < -0.4 is 24.8 Å². The lowest BCUT2D eigenvalue weighted by Crippen LogP contribution is -2.60. The number of ether oxygens (including phenoxy) is 3. The van der Waals surface area contributed by atoms with Crippen molar-refractivity contribution in [3.63, 3.8) is 0 Å². The minimum atomic E-state index is -4.46. The Morgan fingerprint density at radius 1 is 1.11 bits per heavy atom. The molecule has 4 aliphatic rings. The van der Waals surface area contributed by atoms with Crippen molar-refractivity contribution in [2.75, 3.05) is 13.2 Å². The second kappa shape index (κ2) is 15.0. The maximum Gasteiger partial charge on any atom is 0.408 e. The quantitative estimate of drug-likeness (QED) is 0.243. The molecule has 1 aromatic carbocycles. The van der Waals surface area contributed by atoms with Crippen molar-refractivity contribution in [2.24, 2.45) is 11.3 Å². The summed E-state index contributed by atoms with van der Waals surface area (Å²) in [5.41, 5.74) is -2.77. The van der Waals surface area contributed by atoms with E-state index in [2.05, 4.69) is 15.6 Å². The van der Waals surface area contributed by atoms with Gasteiger partial charge < -0.3 is 29.7 Å². The van der Waals surface area contributed by atoms with Gasteiger partial charge in [-0.05, 0) is 75.8 Å². The maximum atomic E-state index is 14.6. The Kier molecular flexibility index (Phi) is 11.0. The van der Waals surface area contributed by atoms with Crippen LogP contribution in [-0.4, -0.2) is 90.7 Å². The van der Waals surface area contributed by atoms with E-state index in [1.54, 1.807) is 52.0 Å². The predicted molar refractivity (Wildman–Crippen MR) is 198 cm³/mol. The average Bonchev–Trinajstić information content (AvgIpc) is 3.93. The lowest BCUT2D eigenvalue weighted by Gasteiger charge is -2.36. The first-order chi connectivity index (χ1) is 25.4. The third-order valence-corrected chi connectivity index (χ3v) is 12.1. The van der Waals surface area contributed by atoms with Crippen molar-refractivity contribution < 1.29 is 46.0 Å². The highest BCUT2D eigenvalue weighted by atomic mass is 35.5. The van der Waals surface area contributed by atoms with Gasteiger partial charge in [-0.2, -0.15) is 8.42 Å². The Balaban J connectivity index is 1.29. The smallest absolute Gasteiger partial charge is 0.408 e. The lowest BCUT2D eigenvalue weighted by atomic mass is 9.85. The SMILES string of the molecule is CCOc1cc(O[C@@H]2C[C@@H](C(=O)N[C@]3(C(=O)NS(=O)(=O)OC4(C)CC4)C[C@H]3CC)N(C(=O)[C@@H](NC(=O)OC3CCC3)C(C)(C)C)C2)c2cccc(Cl)c2n1. The number of amides is 4. The molecule has 0 bridgehead atoms. The summed E-state index contributed by atoms with van der Waals surface area (Å²) in [6, 6.07) is 4.59. The zero-order valence-corrected chi connectivity index (χ0v) is 33.1. The molecule has 1 aromatic heterocycles. The fourth-order valence-electron chi connectivity index (χ4n) is 7.00. The molecule has 6 rings (SSSR count). The van der Waals surface area contributed by atoms with E-state index in [1.165, 1.54) is 4.90 Å². The van der Waals surface area contributed by atoms with Crippen LogP contribution in [0.3, 0.4) is 0 Å². The van der Waals surface area contributed by atoms with E-state index < -0.39 is 68.9 Å². The molecule has 2 aromatic rings. The highest BCUT2D eigenvalue weighted by molar-refractivity contribution is 7.85. The summed E-state index contributed by atoms with van der Waals surface area (Å²) in [5.74, 6) is -1.84. The lowest BCUT2D eigenvalue weighted by molar-refractivity contribution is -0.143. The number of nitrogens with zero attached hydrogens (tertiary/aromatic N) is 2. The minimum Gasteiger partial charge on any atom is -0.488 e. The fraction of sp³-hybridized carbons (Fsp3) is 0.649. The molecule has 54 heavy (non-hydrogen) atoms. The Labute approximate surface area is 320 Å². The Hall–Kier alpha value is -3.89. The highest BCUT2D eigenvalue weighted by Gasteiger charge is 2.62. The van der Waals surface area contributed by atoms with Crippen molar-refractivity contribution in [1.29, 1.82) is 0 Å². The van der Waals surface area contributed by atoms with Gasteiger partial charge in [0.25, 0.3) is 5.91 Å². The molecule has 3 N–H and O–H groups in total. The number of carbonyl (C=O) groups is 4. The molecule has 17 heteroatoms. The largest absolute Gasteiger partial charge is 0.488 e. The molecule has 3 saturated carbocycles. The van der Waals surface area contributed by atoms with Gasteiger partial charge >= 0.3 is 16.4 Å². The molecule has 1 aliphatic heterocycles. The van der Waals surface area contributed by atoms with Crippen LogP contribution in [0.4, 0.5) is 4.79 Å². The number of likely N-dealkylation sites (tertiary alicyclic amines) is 1. The summed E-state index contributed by atoms with van der Waals surface area (Å²) >= 11 is 6.50. The number of alkyl carbamates (subject to hydrolysis) is 1. The number of benzene rings is 1. The van der Waals surface area contributed by atoms with E-state index in [4.69, 9.17) is 30.0 Å². The molecule has 0 spiro atoms. The number of nitrogens with one attached hydrogen (secondary N) is 3. The topological polar surface area (TPSA) is 192 Å². The van der Waals surface area contributed by atoms with Gasteiger partial charge in [0.05, 0.1) is 29.3 Å². The van der Waals surface area contributed by atoms with E-state index in [-0.39, 0.29) is 37.3 Å². The van der Waals surface area contributed by atoms with Gasteiger partial charge in [0, 0.05) is 17.9 Å². The summed E-state index contributed by atoms with van der Waals surface area (Å²) in [5, 5.41) is 6.54. The monoisotopic (exact) mass is 791 g/mol. The molecule has 0 radical (unpaired) electrons. The van der Waals surface area contributed by atoms with Crippen LogP contribution in [0.15, 0.2) is 24.3 Å².